The number of carboxylic acids is 1. The van der Waals surface area contributed by atoms with E-state index in [0.717, 1.165) is 11.8 Å². The van der Waals surface area contributed by atoms with E-state index in [4.69, 9.17) is 9.52 Å². The minimum atomic E-state index is -1.04. The molecule has 0 aliphatic rings. The average Bonchev–Trinajstić information content (AvgIpc) is 3.11. The summed E-state index contributed by atoms with van der Waals surface area (Å²) in [4.78, 5) is 36.1. The fourth-order valence-corrected chi connectivity index (χ4v) is 3.10. The molecule has 0 saturated carbocycles. The normalized spacial score (nSPS) is 11.8. The van der Waals surface area contributed by atoms with Gasteiger partial charge in [-0.25, -0.2) is 4.98 Å². The lowest BCUT2D eigenvalue weighted by Gasteiger charge is -2.02. The zero-order chi connectivity index (χ0) is 21.1. The summed E-state index contributed by atoms with van der Waals surface area (Å²) in [6.45, 7) is 1.48. The van der Waals surface area contributed by atoms with Crippen molar-refractivity contribution in [2.45, 2.75) is 17.4 Å². The highest BCUT2D eigenvalue weighted by Gasteiger charge is 2.22. The van der Waals surface area contributed by atoms with Crippen LogP contribution in [0.1, 0.15) is 6.92 Å². The minimum absolute atomic E-state index is 0.0942. The van der Waals surface area contributed by atoms with Crippen LogP contribution in [0.3, 0.4) is 0 Å². The topological polar surface area (TPSA) is 150 Å². The summed E-state index contributed by atoms with van der Waals surface area (Å²) in [7, 11) is 0. The Morgan fingerprint density at radius 2 is 1.48 bits per heavy atom. The number of aromatic nitrogens is 1. The molecule has 1 atom stereocenters. The summed E-state index contributed by atoms with van der Waals surface area (Å²) in [5.74, 6) is -0.768. The molecule has 2 aromatic carbocycles. The maximum Gasteiger partial charge on any atom is 0.316 e. The Bertz CT molecular complexity index is 1000. The van der Waals surface area contributed by atoms with E-state index in [2.05, 4.69) is 4.98 Å². The van der Waals surface area contributed by atoms with Gasteiger partial charge >= 0.3 is 5.97 Å². The highest BCUT2D eigenvalue weighted by molar-refractivity contribution is 8.00. The molecule has 0 aliphatic heterocycles. The minimum Gasteiger partial charge on any atom is -0.480 e. The molecule has 1 unspecified atom stereocenters. The highest BCUT2D eigenvalue weighted by Crippen LogP contribution is 2.37. The van der Waals surface area contributed by atoms with Crippen LogP contribution < -0.4 is 0 Å². The van der Waals surface area contributed by atoms with Gasteiger partial charge in [0.1, 0.15) is 10.9 Å². The first-order valence-electron chi connectivity index (χ1n) is 8.16. The molecule has 3 aromatic rings. The van der Waals surface area contributed by atoms with Crippen LogP contribution in [0.5, 0.6) is 0 Å². The molecular weight excluding hydrogens is 402 g/mol. The lowest BCUT2D eigenvalue weighted by atomic mass is 10.1. The Hall–Kier alpha value is -3.73. The number of nitro groups is 2. The fourth-order valence-electron chi connectivity index (χ4n) is 2.42. The van der Waals surface area contributed by atoms with E-state index in [9.17, 15) is 25.0 Å². The van der Waals surface area contributed by atoms with Crippen molar-refractivity contribution in [3.8, 4) is 22.6 Å². The Labute approximate surface area is 167 Å². The van der Waals surface area contributed by atoms with Gasteiger partial charge in [-0.3, -0.25) is 25.0 Å². The third-order valence-corrected chi connectivity index (χ3v) is 4.86. The number of hydrogen-bond acceptors (Lipinski definition) is 8. The van der Waals surface area contributed by atoms with Crippen molar-refractivity contribution in [3.05, 3.63) is 68.8 Å². The lowest BCUT2D eigenvalue weighted by Crippen LogP contribution is -2.10. The average molecular weight is 415 g/mol. The molecule has 1 N–H and O–H groups in total. The number of nitrogens with zero attached hydrogens (tertiary/aromatic N) is 3. The predicted octanol–water partition coefficient (Wildman–Crippen LogP) is 4.39. The van der Waals surface area contributed by atoms with E-state index >= 15 is 0 Å². The molecule has 1 heterocycles. The second kappa shape index (κ2) is 8.10. The first kappa shape index (κ1) is 20.0. The molecular formula is C18H13N3O7S. The van der Waals surface area contributed by atoms with Crippen molar-refractivity contribution >= 4 is 29.1 Å². The van der Waals surface area contributed by atoms with Gasteiger partial charge in [0.05, 0.1) is 9.85 Å². The molecule has 11 heteroatoms. The first-order valence-corrected chi connectivity index (χ1v) is 9.04. The third kappa shape index (κ3) is 4.41. The second-order valence-electron chi connectivity index (χ2n) is 5.86. The van der Waals surface area contributed by atoms with Crippen molar-refractivity contribution in [2.24, 2.45) is 0 Å². The SMILES string of the molecule is CC(Sc1nc(-c2ccc([N+](=O)[O-])cc2)c(-c2ccc([N+](=O)[O-])cc2)o1)C(=O)O. The van der Waals surface area contributed by atoms with Crippen LogP contribution >= 0.6 is 11.8 Å². The molecule has 0 aliphatic carbocycles. The van der Waals surface area contributed by atoms with Gasteiger partial charge in [0.2, 0.25) is 0 Å². The number of rotatable bonds is 7. The number of carboxylic acid groups (broad SMARTS) is 1. The predicted molar refractivity (Wildman–Crippen MR) is 104 cm³/mol. The summed E-state index contributed by atoms with van der Waals surface area (Å²) >= 11 is 0.898. The van der Waals surface area contributed by atoms with Crippen molar-refractivity contribution < 1.29 is 24.2 Å². The van der Waals surface area contributed by atoms with Crippen molar-refractivity contribution in [1.29, 1.82) is 0 Å². The van der Waals surface area contributed by atoms with E-state index in [1.807, 2.05) is 0 Å². The van der Waals surface area contributed by atoms with Gasteiger partial charge in [-0.2, -0.15) is 0 Å². The highest BCUT2D eigenvalue weighted by atomic mass is 32.2. The Morgan fingerprint density at radius 1 is 1.00 bits per heavy atom. The van der Waals surface area contributed by atoms with Crippen LogP contribution in [0.15, 0.2) is 58.2 Å². The van der Waals surface area contributed by atoms with Crippen LogP contribution in [0.25, 0.3) is 22.6 Å². The van der Waals surface area contributed by atoms with Gasteiger partial charge in [0.25, 0.3) is 16.6 Å². The number of hydrogen-bond donors (Lipinski definition) is 1. The maximum atomic E-state index is 11.1. The van der Waals surface area contributed by atoms with Crippen LogP contribution in [-0.2, 0) is 4.79 Å². The molecule has 0 spiro atoms. The van der Waals surface area contributed by atoms with E-state index in [1.165, 1.54) is 55.5 Å². The Morgan fingerprint density at radius 3 is 1.93 bits per heavy atom. The van der Waals surface area contributed by atoms with Crippen LogP contribution in [-0.4, -0.2) is 31.2 Å². The molecule has 0 bridgehead atoms. The van der Waals surface area contributed by atoms with Crippen LogP contribution in [0, 0.1) is 20.2 Å². The largest absolute Gasteiger partial charge is 0.480 e. The van der Waals surface area contributed by atoms with Gasteiger partial charge in [0, 0.05) is 35.4 Å². The van der Waals surface area contributed by atoms with Crippen molar-refractivity contribution in [3.63, 3.8) is 0 Å². The van der Waals surface area contributed by atoms with Gasteiger partial charge < -0.3 is 9.52 Å². The van der Waals surface area contributed by atoms with Gasteiger partial charge in [0.15, 0.2) is 5.76 Å². The first-order chi connectivity index (χ1) is 13.8. The van der Waals surface area contributed by atoms with Gasteiger partial charge in [-0.05, 0) is 31.2 Å². The van der Waals surface area contributed by atoms with E-state index < -0.39 is 21.1 Å². The number of benzene rings is 2. The van der Waals surface area contributed by atoms with E-state index in [-0.39, 0.29) is 22.4 Å². The van der Waals surface area contributed by atoms with Crippen LogP contribution in [0.2, 0.25) is 0 Å². The van der Waals surface area contributed by atoms with Crippen LogP contribution in [0.4, 0.5) is 11.4 Å². The Kier molecular flexibility index (Phi) is 5.59. The summed E-state index contributed by atoms with van der Waals surface area (Å²) in [5, 5.41) is 30.1. The molecule has 0 saturated heterocycles. The summed E-state index contributed by atoms with van der Waals surface area (Å²) in [5.41, 5.74) is 1.16. The molecule has 3 rings (SSSR count). The summed E-state index contributed by atoms with van der Waals surface area (Å²) < 4.78 is 5.74. The molecule has 0 radical (unpaired) electrons. The quantitative estimate of drug-likeness (QED) is 0.336. The molecule has 148 valence electrons. The van der Waals surface area contributed by atoms with E-state index in [1.54, 1.807) is 0 Å². The smallest absolute Gasteiger partial charge is 0.316 e. The fraction of sp³-hybridized carbons (Fsp3) is 0.111. The zero-order valence-electron chi connectivity index (χ0n) is 14.8. The standard InChI is InChI=1S/C18H13N3O7S/c1-10(17(22)23)29-18-19-15(11-2-6-13(7-3-11)20(24)25)16(28-18)12-4-8-14(9-5-12)21(26)27/h2-10H,1H3,(H,22,23). The maximum absolute atomic E-state index is 11.1. The number of carbonyl (C=O) groups is 1. The third-order valence-electron chi connectivity index (χ3n) is 3.92. The molecule has 0 fully saturated rings. The number of aliphatic carboxylic acids is 1. The summed E-state index contributed by atoms with van der Waals surface area (Å²) in [6, 6.07) is 11.2. The number of nitro benzene ring substituents is 2. The Balaban J connectivity index is 2.06. The summed E-state index contributed by atoms with van der Waals surface area (Å²) in [6.07, 6.45) is 0. The van der Waals surface area contributed by atoms with Gasteiger partial charge in [-0.15, -0.1) is 0 Å². The van der Waals surface area contributed by atoms with Crippen molar-refractivity contribution in [2.75, 3.05) is 0 Å². The number of thioether (sulfide) groups is 1. The monoisotopic (exact) mass is 415 g/mol. The number of oxazole rings is 1. The van der Waals surface area contributed by atoms with Crippen molar-refractivity contribution in [1.82, 2.24) is 4.98 Å². The molecule has 29 heavy (non-hydrogen) atoms. The molecule has 10 nitrogen and oxygen atoms in total. The molecule has 0 amide bonds. The molecule has 1 aromatic heterocycles. The second-order valence-corrected chi connectivity index (χ2v) is 7.16. The zero-order valence-corrected chi connectivity index (χ0v) is 15.7. The van der Waals surface area contributed by atoms with E-state index in [0.29, 0.717) is 16.8 Å². The lowest BCUT2D eigenvalue weighted by molar-refractivity contribution is -0.385. The van der Waals surface area contributed by atoms with Gasteiger partial charge in [-0.1, -0.05) is 11.8 Å². The number of non-ortho nitro benzene ring substituents is 2.